The van der Waals surface area contributed by atoms with Crippen LogP contribution in [-0.4, -0.2) is 34.4 Å². The van der Waals surface area contributed by atoms with Crippen LogP contribution < -0.4 is 17.0 Å². The molecule has 108 valence electrons. The van der Waals surface area contributed by atoms with Gasteiger partial charge in [0.2, 0.25) is 11.8 Å². The van der Waals surface area contributed by atoms with E-state index in [1.807, 2.05) is 11.0 Å². The SMILES string of the molecule is Cn1ccc(CN2C[C@H](C(N)=O)[C@@H](C(N)=O)C2)cc1=O. The summed E-state index contributed by atoms with van der Waals surface area (Å²) < 4.78 is 1.48. The molecular weight excluding hydrogens is 260 g/mol. The van der Waals surface area contributed by atoms with Crippen LogP contribution in [0.3, 0.4) is 0 Å². The lowest BCUT2D eigenvalue weighted by Crippen LogP contribution is -2.36. The molecule has 1 aromatic rings. The Bertz CT molecular complexity index is 574. The Balaban J connectivity index is 2.11. The van der Waals surface area contributed by atoms with Gasteiger partial charge >= 0.3 is 0 Å². The molecule has 1 aromatic heterocycles. The van der Waals surface area contributed by atoms with Gasteiger partial charge in [0.05, 0.1) is 11.8 Å². The van der Waals surface area contributed by atoms with Gasteiger partial charge in [0, 0.05) is 38.9 Å². The van der Waals surface area contributed by atoms with Gasteiger partial charge in [0.25, 0.3) is 5.56 Å². The van der Waals surface area contributed by atoms with Crippen molar-refractivity contribution >= 4 is 11.8 Å². The van der Waals surface area contributed by atoms with Crippen LogP contribution >= 0.6 is 0 Å². The zero-order valence-corrected chi connectivity index (χ0v) is 11.3. The minimum absolute atomic E-state index is 0.0976. The second-order valence-electron chi connectivity index (χ2n) is 5.20. The van der Waals surface area contributed by atoms with Crippen molar-refractivity contribution in [2.45, 2.75) is 6.54 Å². The second-order valence-corrected chi connectivity index (χ2v) is 5.20. The molecule has 0 bridgehead atoms. The first kappa shape index (κ1) is 14.3. The lowest BCUT2D eigenvalue weighted by molar-refractivity contribution is -0.129. The lowest BCUT2D eigenvalue weighted by Gasteiger charge is -2.15. The fourth-order valence-electron chi connectivity index (χ4n) is 2.54. The number of primary amides is 2. The molecule has 4 N–H and O–H groups in total. The van der Waals surface area contributed by atoms with Gasteiger partial charge in [-0.05, 0) is 11.6 Å². The van der Waals surface area contributed by atoms with Crippen molar-refractivity contribution in [3.63, 3.8) is 0 Å². The van der Waals surface area contributed by atoms with E-state index in [1.54, 1.807) is 13.2 Å². The van der Waals surface area contributed by atoms with E-state index in [0.29, 0.717) is 19.6 Å². The third-order valence-electron chi connectivity index (χ3n) is 3.70. The molecule has 0 spiro atoms. The number of amides is 2. The third kappa shape index (κ3) is 2.88. The van der Waals surface area contributed by atoms with Gasteiger partial charge in [-0.25, -0.2) is 0 Å². The monoisotopic (exact) mass is 278 g/mol. The first-order chi connectivity index (χ1) is 9.38. The Morgan fingerprint density at radius 3 is 2.25 bits per heavy atom. The third-order valence-corrected chi connectivity index (χ3v) is 3.70. The number of nitrogens with two attached hydrogens (primary N) is 2. The van der Waals surface area contributed by atoms with E-state index in [1.165, 1.54) is 10.6 Å². The fourth-order valence-corrected chi connectivity index (χ4v) is 2.54. The molecule has 0 radical (unpaired) electrons. The van der Waals surface area contributed by atoms with Crippen molar-refractivity contribution in [2.24, 2.45) is 30.4 Å². The number of likely N-dealkylation sites (tertiary alicyclic amines) is 1. The smallest absolute Gasteiger partial charge is 0.250 e. The fraction of sp³-hybridized carbons (Fsp3) is 0.462. The summed E-state index contributed by atoms with van der Waals surface area (Å²) in [6.07, 6.45) is 1.69. The maximum absolute atomic E-state index is 11.6. The summed E-state index contributed by atoms with van der Waals surface area (Å²) in [6, 6.07) is 3.37. The summed E-state index contributed by atoms with van der Waals surface area (Å²) in [7, 11) is 1.67. The van der Waals surface area contributed by atoms with Gasteiger partial charge < -0.3 is 16.0 Å². The van der Waals surface area contributed by atoms with E-state index in [2.05, 4.69) is 0 Å². The summed E-state index contributed by atoms with van der Waals surface area (Å²) in [5.41, 5.74) is 11.3. The van der Waals surface area contributed by atoms with Gasteiger partial charge in [0.1, 0.15) is 0 Å². The number of hydrogen-bond acceptors (Lipinski definition) is 4. The van der Waals surface area contributed by atoms with Crippen LogP contribution in [0.2, 0.25) is 0 Å². The van der Waals surface area contributed by atoms with E-state index in [0.717, 1.165) is 5.56 Å². The van der Waals surface area contributed by atoms with Gasteiger partial charge in [-0.15, -0.1) is 0 Å². The Morgan fingerprint density at radius 1 is 1.25 bits per heavy atom. The zero-order valence-electron chi connectivity index (χ0n) is 11.3. The number of aryl methyl sites for hydroxylation is 1. The summed E-state index contributed by atoms with van der Waals surface area (Å²) >= 11 is 0. The molecule has 1 saturated heterocycles. The molecule has 2 heterocycles. The molecule has 0 unspecified atom stereocenters. The van der Waals surface area contributed by atoms with Crippen molar-refractivity contribution < 1.29 is 9.59 Å². The molecule has 2 rings (SSSR count). The van der Waals surface area contributed by atoms with Crippen molar-refractivity contribution in [1.82, 2.24) is 9.47 Å². The topological polar surface area (TPSA) is 111 Å². The first-order valence-electron chi connectivity index (χ1n) is 6.35. The Hall–Kier alpha value is -2.15. The van der Waals surface area contributed by atoms with Crippen molar-refractivity contribution in [1.29, 1.82) is 0 Å². The van der Waals surface area contributed by atoms with E-state index in [-0.39, 0.29) is 5.56 Å². The van der Waals surface area contributed by atoms with Crippen molar-refractivity contribution in [3.8, 4) is 0 Å². The summed E-state index contributed by atoms with van der Waals surface area (Å²) in [6.45, 7) is 1.26. The standard InChI is InChI=1S/C13H18N4O3/c1-16-3-2-8(4-11(16)18)5-17-6-9(12(14)19)10(7-17)13(15)20/h2-4,9-10H,5-7H2,1H3,(H2,14,19)(H2,15,20)/t9-,10-/m0/s1. The minimum atomic E-state index is -0.556. The maximum atomic E-state index is 11.6. The molecule has 20 heavy (non-hydrogen) atoms. The normalized spacial score (nSPS) is 22.9. The van der Waals surface area contributed by atoms with Crippen LogP contribution in [-0.2, 0) is 23.2 Å². The summed E-state index contributed by atoms with van der Waals surface area (Å²) in [5.74, 6) is -2.14. The van der Waals surface area contributed by atoms with E-state index < -0.39 is 23.7 Å². The number of nitrogens with zero attached hydrogens (tertiary/aromatic N) is 2. The van der Waals surface area contributed by atoms with E-state index >= 15 is 0 Å². The second kappa shape index (κ2) is 5.46. The molecule has 0 saturated carbocycles. The van der Waals surface area contributed by atoms with E-state index in [9.17, 15) is 14.4 Å². The largest absolute Gasteiger partial charge is 0.369 e. The number of rotatable bonds is 4. The van der Waals surface area contributed by atoms with Crippen molar-refractivity contribution in [3.05, 3.63) is 34.2 Å². The molecule has 1 fully saturated rings. The van der Waals surface area contributed by atoms with Crippen LogP contribution in [0, 0.1) is 11.8 Å². The predicted molar refractivity (Wildman–Crippen MR) is 72.3 cm³/mol. The molecule has 7 nitrogen and oxygen atoms in total. The number of carbonyl (C=O) groups is 2. The zero-order chi connectivity index (χ0) is 14.9. The maximum Gasteiger partial charge on any atom is 0.250 e. The van der Waals surface area contributed by atoms with Gasteiger partial charge in [0.15, 0.2) is 0 Å². The Kier molecular flexibility index (Phi) is 3.89. The predicted octanol–water partition coefficient (Wildman–Crippen LogP) is -1.60. The van der Waals surface area contributed by atoms with Crippen LogP contribution in [0.5, 0.6) is 0 Å². The highest BCUT2D eigenvalue weighted by Crippen LogP contribution is 2.24. The molecule has 1 aliphatic heterocycles. The van der Waals surface area contributed by atoms with Crippen LogP contribution in [0.1, 0.15) is 5.56 Å². The van der Waals surface area contributed by atoms with Crippen LogP contribution in [0.25, 0.3) is 0 Å². The first-order valence-corrected chi connectivity index (χ1v) is 6.35. The highest BCUT2D eigenvalue weighted by Gasteiger charge is 2.39. The Labute approximate surface area is 116 Å². The van der Waals surface area contributed by atoms with E-state index in [4.69, 9.17) is 11.5 Å². The van der Waals surface area contributed by atoms with Crippen molar-refractivity contribution in [2.75, 3.05) is 13.1 Å². The van der Waals surface area contributed by atoms with Gasteiger partial charge in [-0.3, -0.25) is 19.3 Å². The number of hydrogen-bond donors (Lipinski definition) is 2. The highest BCUT2D eigenvalue weighted by molar-refractivity contribution is 5.87. The molecule has 0 aromatic carbocycles. The highest BCUT2D eigenvalue weighted by atomic mass is 16.2. The van der Waals surface area contributed by atoms with Crippen LogP contribution in [0.15, 0.2) is 23.1 Å². The molecule has 1 aliphatic rings. The van der Waals surface area contributed by atoms with Gasteiger partial charge in [-0.1, -0.05) is 0 Å². The number of carbonyl (C=O) groups excluding carboxylic acids is 2. The summed E-state index contributed by atoms with van der Waals surface area (Å²) in [5, 5.41) is 0. The molecule has 2 atom stereocenters. The molecule has 7 heteroatoms. The number of pyridine rings is 1. The quantitative estimate of drug-likeness (QED) is 0.691. The molecule has 0 aliphatic carbocycles. The van der Waals surface area contributed by atoms with Crippen LogP contribution in [0.4, 0.5) is 0 Å². The minimum Gasteiger partial charge on any atom is -0.369 e. The summed E-state index contributed by atoms with van der Waals surface area (Å²) in [4.78, 5) is 36.2. The Morgan fingerprint density at radius 2 is 1.80 bits per heavy atom. The molecular formula is C13H18N4O3. The average molecular weight is 278 g/mol. The lowest BCUT2D eigenvalue weighted by atomic mass is 9.95. The number of aromatic nitrogens is 1. The molecule has 2 amide bonds. The average Bonchev–Trinajstić information content (AvgIpc) is 2.78. The van der Waals surface area contributed by atoms with Gasteiger partial charge in [-0.2, -0.15) is 0 Å².